The highest BCUT2D eigenvalue weighted by Gasteiger charge is 2.16. The molecule has 4 rings (SSSR count). The Morgan fingerprint density at radius 3 is 2.71 bits per heavy atom. The second-order valence-corrected chi connectivity index (χ2v) is 6.41. The minimum atomic E-state index is 0.531. The zero-order valence-corrected chi connectivity index (χ0v) is 15.7. The van der Waals surface area contributed by atoms with Crippen LogP contribution in [0.3, 0.4) is 0 Å². The molecule has 1 N–H and O–H groups in total. The van der Waals surface area contributed by atoms with Crippen LogP contribution in [0.1, 0.15) is 17.8 Å². The summed E-state index contributed by atoms with van der Waals surface area (Å²) in [6.07, 6.45) is 11.6. The lowest BCUT2D eigenvalue weighted by molar-refractivity contribution is 0.427. The van der Waals surface area contributed by atoms with Crippen LogP contribution >= 0.6 is 0 Å². The van der Waals surface area contributed by atoms with E-state index in [-0.39, 0.29) is 0 Å². The molecule has 4 aromatic rings. The van der Waals surface area contributed by atoms with Gasteiger partial charge in [-0.25, -0.2) is 15.0 Å². The van der Waals surface area contributed by atoms with Gasteiger partial charge < -0.3 is 14.4 Å². The molecule has 0 aromatic carbocycles. The largest absolute Gasteiger partial charge is 0.356 e. The second kappa shape index (κ2) is 7.95. The van der Waals surface area contributed by atoms with Crippen molar-refractivity contribution in [3.63, 3.8) is 0 Å². The van der Waals surface area contributed by atoms with Gasteiger partial charge in [0.05, 0.1) is 29.5 Å². The van der Waals surface area contributed by atoms with Crippen LogP contribution in [0.5, 0.6) is 0 Å². The van der Waals surface area contributed by atoms with Crippen molar-refractivity contribution in [2.24, 2.45) is 0 Å². The van der Waals surface area contributed by atoms with Gasteiger partial charge in [0.25, 0.3) is 0 Å². The molecule has 0 saturated carbocycles. The summed E-state index contributed by atoms with van der Waals surface area (Å²) in [5, 5.41) is 7.22. The first-order valence-electron chi connectivity index (χ1n) is 8.98. The number of hydrogen-bond donors (Lipinski definition) is 1. The van der Waals surface area contributed by atoms with Crippen LogP contribution in [0.15, 0.2) is 47.9 Å². The van der Waals surface area contributed by atoms with Crippen LogP contribution in [-0.4, -0.2) is 41.2 Å². The molecule has 4 aromatic heterocycles. The molecule has 0 spiro atoms. The minimum absolute atomic E-state index is 0.531. The second-order valence-electron chi connectivity index (χ2n) is 6.41. The molecule has 0 amide bonds. The first-order chi connectivity index (χ1) is 13.7. The van der Waals surface area contributed by atoms with Gasteiger partial charge in [-0.2, -0.15) is 0 Å². The minimum Gasteiger partial charge on any atom is -0.356 e. The summed E-state index contributed by atoms with van der Waals surface area (Å²) in [6.45, 7) is 5.37. The zero-order chi connectivity index (χ0) is 19.3. The molecule has 28 heavy (non-hydrogen) atoms. The maximum Gasteiger partial charge on any atom is 0.223 e. The van der Waals surface area contributed by atoms with Crippen molar-refractivity contribution in [2.75, 3.05) is 11.9 Å². The molecule has 0 aliphatic heterocycles. The Labute approximate surface area is 161 Å². The van der Waals surface area contributed by atoms with Gasteiger partial charge >= 0.3 is 0 Å². The lowest BCUT2D eigenvalue weighted by atomic mass is 10.1. The number of aryl methyl sites for hydroxylation is 3. The first kappa shape index (κ1) is 17.8. The Hall–Kier alpha value is -3.62. The van der Waals surface area contributed by atoms with Crippen molar-refractivity contribution in [1.29, 1.82) is 0 Å². The van der Waals surface area contributed by atoms with Crippen LogP contribution < -0.4 is 5.32 Å². The zero-order valence-electron chi connectivity index (χ0n) is 15.7. The number of aromatic nitrogens is 7. The van der Waals surface area contributed by atoms with Gasteiger partial charge in [-0.1, -0.05) is 5.16 Å². The van der Waals surface area contributed by atoms with E-state index in [9.17, 15) is 0 Å². The maximum absolute atomic E-state index is 5.41. The smallest absolute Gasteiger partial charge is 0.223 e. The Kier molecular flexibility index (Phi) is 5.05. The van der Waals surface area contributed by atoms with Crippen LogP contribution in [0, 0.1) is 13.8 Å². The molecule has 0 atom stereocenters. The molecular formula is C19H20N8O. The van der Waals surface area contributed by atoms with Gasteiger partial charge in [0.15, 0.2) is 5.76 Å². The van der Waals surface area contributed by atoms with Crippen molar-refractivity contribution in [1.82, 2.24) is 34.6 Å². The highest BCUT2D eigenvalue weighted by molar-refractivity contribution is 5.76. The SMILES string of the molecule is Cc1cnc(-c2nc(NCCCn3ccnc3)ncc2-c2cc(C)no2)cn1. The van der Waals surface area contributed by atoms with Crippen molar-refractivity contribution in [3.8, 4) is 22.7 Å². The van der Waals surface area contributed by atoms with Crippen LogP contribution in [0.4, 0.5) is 5.95 Å². The predicted octanol–water partition coefficient (Wildman–Crippen LogP) is 2.90. The third-order valence-electron chi connectivity index (χ3n) is 4.14. The number of nitrogens with zero attached hydrogens (tertiary/aromatic N) is 7. The van der Waals surface area contributed by atoms with Crippen LogP contribution in [-0.2, 0) is 6.54 Å². The van der Waals surface area contributed by atoms with E-state index in [0.717, 1.165) is 36.5 Å². The van der Waals surface area contributed by atoms with Crippen LogP contribution in [0.2, 0.25) is 0 Å². The number of imidazole rings is 1. The van der Waals surface area contributed by atoms with Gasteiger partial charge in [0, 0.05) is 43.9 Å². The van der Waals surface area contributed by atoms with Gasteiger partial charge in [-0.15, -0.1) is 0 Å². The molecule has 0 unspecified atom stereocenters. The van der Waals surface area contributed by atoms with E-state index in [0.29, 0.717) is 23.1 Å². The summed E-state index contributed by atoms with van der Waals surface area (Å²) >= 11 is 0. The Bertz CT molecular complexity index is 1040. The molecule has 0 fully saturated rings. The average molecular weight is 376 g/mol. The van der Waals surface area contributed by atoms with E-state index in [1.54, 1.807) is 31.1 Å². The number of rotatable bonds is 7. The molecule has 0 aliphatic rings. The summed E-state index contributed by atoms with van der Waals surface area (Å²) in [4.78, 5) is 21.9. The molecule has 9 heteroatoms. The number of anilines is 1. The summed E-state index contributed by atoms with van der Waals surface area (Å²) in [5.41, 5.74) is 3.65. The fourth-order valence-corrected chi connectivity index (χ4v) is 2.73. The molecule has 0 radical (unpaired) electrons. The lowest BCUT2D eigenvalue weighted by Gasteiger charge is -2.09. The number of hydrogen-bond acceptors (Lipinski definition) is 8. The van der Waals surface area contributed by atoms with Crippen molar-refractivity contribution in [2.45, 2.75) is 26.8 Å². The maximum atomic E-state index is 5.41. The predicted molar refractivity (Wildman–Crippen MR) is 103 cm³/mol. The lowest BCUT2D eigenvalue weighted by Crippen LogP contribution is -2.09. The summed E-state index contributed by atoms with van der Waals surface area (Å²) in [7, 11) is 0. The third-order valence-corrected chi connectivity index (χ3v) is 4.14. The Morgan fingerprint density at radius 1 is 1.07 bits per heavy atom. The molecule has 4 heterocycles. The fourth-order valence-electron chi connectivity index (χ4n) is 2.73. The average Bonchev–Trinajstić information content (AvgIpc) is 3.37. The summed E-state index contributed by atoms with van der Waals surface area (Å²) in [5.74, 6) is 1.13. The molecule has 142 valence electrons. The van der Waals surface area contributed by atoms with Crippen molar-refractivity contribution < 1.29 is 4.52 Å². The molecule has 0 saturated heterocycles. The Balaban J connectivity index is 1.56. The normalized spacial score (nSPS) is 10.9. The molecule has 9 nitrogen and oxygen atoms in total. The van der Waals surface area contributed by atoms with E-state index in [4.69, 9.17) is 4.52 Å². The van der Waals surface area contributed by atoms with Gasteiger partial charge in [-0.05, 0) is 20.3 Å². The van der Waals surface area contributed by atoms with E-state index < -0.39 is 0 Å². The summed E-state index contributed by atoms with van der Waals surface area (Å²) in [6, 6.07) is 1.85. The highest BCUT2D eigenvalue weighted by Crippen LogP contribution is 2.29. The topological polar surface area (TPSA) is 107 Å². The molecular weight excluding hydrogens is 356 g/mol. The van der Waals surface area contributed by atoms with Gasteiger partial charge in [-0.3, -0.25) is 9.97 Å². The van der Waals surface area contributed by atoms with Crippen LogP contribution in [0.25, 0.3) is 22.7 Å². The monoisotopic (exact) mass is 376 g/mol. The third kappa shape index (κ3) is 4.03. The fraction of sp³-hybridized carbons (Fsp3) is 0.263. The van der Waals surface area contributed by atoms with Crippen molar-refractivity contribution in [3.05, 3.63) is 54.8 Å². The van der Waals surface area contributed by atoms with Gasteiger partial charge in [0.2, 0.25) is 5.95 Å². The van der Waals surface area contributed by atoms with E-state index in [1.807, 2.05) is 30.7 Å². The number of nitrogens with one attached hydrogen (secondary N) is 1. The summed E-state index contributed by atoms with van der Waals surface area (Å²) < 4.78 is 7.44. The van der Waals surface area contributed by atoms with Gasteiger partial charge in [0.1, 0.15) is 11.4 Å². The molecule has 0 aliphatic carbocycles. The van der Waals surface area contributed by atoms with Crippen molar-refractivity contribution >= 4 is 5.95 Å². The first-order valence-corrected chi connectivity index (χ1v) is 8.98. The quantitative estimate of drug-likeness (QED) is 0.491. The highest BCUT2D eigenvalue weighted by atomic mass is 16.5. The standard InChI is InChI=1S/C19H20N8O/c1-13-8-17(28-26-13)15-10-24-19(21-4-3-6-27-7-5-20-12-27)25-18(15)16-11-22-14(2)9-23-16/h5,7-12H,3-4,6H2,1-2H3,(H,21,24,25). The molecule has 0 bridgehead atoms. The Morgan fingerprint density at radius 2 is 2.00 bits per heavy atom. The van der Waals surface area contributed by atoms with E-state index in [2.05, 4.69) is 35.4 Å². The van der Waals surface area contributed by atoms with E-state index in [1.165, 1.54) is 0 Å². The van der Waals surface area contributed by atoms with E-state index >= 15 is 0 Å².